The van der Waals surface area contributed by atoms with Gasteiger partial charge < -0.3 is 19.5 Å². The van der Waals surface area contributed by atoms with Crippen molar-refractivity contribution >= 4 is 16.9 Å². The van der Waals surface area contributed by atoms with E-state index in [9.17, 15) is 4.79 Å². The number of hydrogen-bond acceptors (Lipinski definition) is 4. The second-order valence-electron chi connectivity index (χ2n) is 7.23. The molecule has 1 amide bonds. The Kier molecular flexibility index (Phi) is 4.62. The number of carbonyl (C=O) groups is 1. The number of ether oxygens (including phenoxy) is 1. The maximum absolute atomic E-state index is 12.9. The first-order valence-corrected chi connectivity index (χ1v) is 9.78. The van der Waals surface area contributed by atoms with Gasteiger partial charge in [-0.1, -0.05) is 18.2 Å². The molecule has 0 spiro atoms. The van der Waals surface area contributed by atoms with E-state index in [1.165, 1.54) is 0 Å². The molecule has 1 saturated heterocycles. The molecule has 0 bridgehead atoms. The first-order valence-electron chi connectivity index (χ1n) is 9.78. The fourth-order valence-corrected chi connectivity index (χ4v) is 3.85. The quantitative estimate of drug-likeness (QED) is 0.532. The summed E-state index contributed by atoms with van der Waals surface area (Å²) in [7, 11) is 0. The standard InChI is InChI=1S/C23H21N3O3/c27-23(26-12-17-4-3-8-29-17)19-6-2-1-5-18(19)16-10-20-21(15-7-9-28-14-15)13-25-22(20)24-11-16/h1-2,5-7,9-11,13-14,17H,3-4,8,12H2,(H,24,25)(H,26,27). The second-order valence-corrected chi connectivity index (χ2v) is 7.23. The predicted octanol–water partition coefficient (Wildman–Crippen LogP) is 4.40. The summed E-state index contributed by atoms with van der Waals surface area (Å²) in [6.45, 7) is 1.31. The highest BCUT2D eigenvalue weighted by Gasteiger charge is 2.19. The lowest BCUT2D eigenvalue weighted by atomic mass is 9.98. The van der Waals surface area contributed by atoms with Crippen LogP contribution in [0.3, 0.4) is 0 Å². The van der Waals surface area contributed by atoms with Crippen LogP contribution in [0.4, 0.5) is 0 Å². The summed E-state index contributed by atoms with van der Waals surface area (Å²) in [6.07, 6.45) is 9.24. The van der Waals surface area contributed by atoms with Gasteiger partial charge in [0.25, 0.3) is 5.91 Å². The fourth-order valence-electron chi connectivity index (χ4n) is 3.85. The van der Waals surface area contributed by atoms with E-state index in [1.807, 2.05) is 36.5 Å². The number of rotatable bonds is 5. The molecule has 5 rings (SSSR count). The van der Waals surface area contributed by atoms with Crippen LogP contribution in [0, 0.1) is 0 Å². The highest BCUT2D eigenvalue weighted by molar-refractivity contribution is 6.02. The first-order chi connectivity index (χ1) is 14.3. The second kappa shape index (κ2) is 7.56. The normalized spacial score (nSPS) is 16.3. The van der Waals surface area contributed by atoms with Crippen molar-refractivity contribution in [1.82, 2.24) is 15.3 Å². The van der Waals surface area contributed by atoms with E-state index >= 15 is 0 Å². The molecule has 146 valence electrons. The van der Waals surface area contributed by atoms with Gasteiger partial charge in [0.2, 0.25) is 0 Å². The Labute approximate surface area is 167 Å². The molecular weight excluding hydrogens is 366 g/mol. The largest absolute Gasteiger partial charge is 0.472 e. The lowest BCUT2D eigenvalue weighted by molar-refractivity contribution is 0.0858. The minimum absolute atomic E-state index is 0.0969. The number of nitrogens with zero attached hydrogens (tertiary/aromatic N) is 1. The molecule has 1 unspecified atom stereocenters. The molecule has 6 heteroatoms. The van der Waals surface area contributed by atoms with E-state index < -0.39 is 0 Å². The Morgan fingerprint density at radius 2 is 2.14 bits per heavy atom. The minimum Gasteiger partial charge on any atom is -0.472 e. The number of H-pyrrole nitrogens is 1. The Morgan fingerprint density at radius 3 is 2.97 bits per heavy atom. The summed E-state index contributed by atoms with van der Waals surface area (Å²) in [4.78, 5) is 20.6. The monoisotopic (exact) mass is 387 g/mol. The molecule has 0 saturated carbocycles. The average molecular weight is 387 g/mol. The van der Waals surface area contributed by atoms with Crippen LogP contribution in [0.15, 0.2) is 65.7 Å². The smallest absolute Gasteiger partial charge is 0.252 e. The molecule has 1 atom stereocenters. The molecule has 0 aliphatic carbocycles. The van der Waals surface area contributed by atoms with E-state index in [-0.39, 0.29) is 12.0 Å². The van der Waals surface area contributed by atoms with E-state index in [1.54, 1.807) is 18.7 Å². The zero-order chi connectivity index (χ0) is 19.6. The lowest BCUT2D eigenvalue weighted by Gasteiger charge is -2.13. The summed E-state index contributed by atoms with van der Waals surface area (Å²) >= 11 is 0. The Morgan fingerprint density at radius 1 is 1.21 bits per heavy atom. The van der Waals surface area contributed by atoms with Crippen molar-refractivity contribution < 1.29 is 13.9 Å². The summed E-state index contributed by atoms with van der Waals surface area (Å²) < 4.78 is 10.8. The highest BCUT2D eigenvalue weighted by Crippen LogP contribution is 2.32. The molecule has 3 aromatic heterocycles. The topological polar surface area (TPSA) is 80.1 Å². The molecular formula is C23H21N3O3. The van der Waals surface area contributed by atoms with Crippen LogP contribution in [0.25, 0.3) is 33.3 Å². The van der Waals surface area contributed by atoms with Gasteiger partial charge in [-0.25, -0.2) is 4.98 Å². The number of aromatic nitrogens is 2. The summed E-state index contributed by atoms with van der Waals surface area (Å²) in [5.74, 6) is -0.0969. The maximum atomic E-state index is 12.9. The molecule has 1 aliphatic rings. The van der Waals surface area contributed by atoms with Crippen molar-refractivity contribution in [3.63, 3.8) is 0 Å². The average Bonchev–Trinajstić information content (AvgIpc) is 3.53. The number of carbonyl (C=O) groups excluding carboxylic acids is 1. The van der Waals surface area contributed by atoms with E-state index in [0.29, 0.717) is 12.1 Å². The van der Waals surface area contributed by atoms with Crippen molar-refractivity contribution in [2.75, 3.05) is 13.2 Å². The van der Waals surface area contributed by atoms with Crippen molar-refractivity contribution in [2.24, 2.45) is 0 Å². The molecule has 2 N–H and O–H groups in total. The van der Waals surface area contributed by atoms with Crippen LogP contribution in [0.1, 0.15) is 23.2 Å². The molecule has 1 aliphatic heterocycles. The Bertz CT molecular complexity index is 1140. The number of fused-ring (bicyclic) bond motifs is 1. The van der Waals surface area contributed by atoms with Crippen LogP contribution < -0.4 is 5.32 Å². The number of amides is 1. The molecule has 0 radical (unpaired) electrons. The van der Waals surface area contributed by atoms with E-state index in [2.05, 4.69) is 21.4 Å². The lowest BCUT2D eigenvalue weighted by Crippen LogP contribution is -2.32. The van der Waals surface area contributed by atoms with Gasteiger partial charge in [0.15, 0.2) is 0 Å². The first kappa shape index (κ1) is 17.7. The summed E-state index contributed by atoms with van der Waals surface area (Å²) in [5, 5.41) is 4.00. The fraction of sp³-hybridized carbons (Fsp3) is 0.217. The third-order valence-electron chi connectivity index (χ3n) is 5.36. The van der Waals surface area contributed by atoms with Gasteiger partial charge in [-0.15, -0.1) is 0 Å². The number of pyridine rings is 1. The van der Waals surface area contributed by atoms with Crippen LogP contribution in [0.5, 0.6) is 0 Å². The van der Waals surface area contributed by atoms with Gasteiger partial charge in [-0.3, -0.25) is 4.79 Å². The number of benzene rings is 1. The molecule has 1 aromatic carbocycles. The zero-order valence-electron chi connectivity index (χ0n) is 15.9. The third-order valence-corrected chi connectivity index (χ3v) is 5.36. The van der Waals surface area contributed by atoms with E-state index in [0.717, 1.165) is 52.7 Å². The van der Waals surface area contributed by atoms with E-state index in [4.69, 9.17) is 9.15 Å². The van der Waals surface area contributed by atoms with Crippen molar-refractivity contribution in [2.45, 2.75) is 18.9 Å². The number of hydrogen-bond donors (Lipinski definition) is 2. The van der Waals surface area contributed by atoms with Crippen molar-refractivity contribution in [1.29, 1.82) is 0 Å². The molecule has 29 heavy (non-hydrogen) atoms. The van der Waals surface area contributed by atoms with Crippen LogP contribution in [-0.4, -0.2) is 35.1 Å². The summed E-state index contributed by atoms with van der Waals surface area (Å²) in [5.41, 5.74) is 5.18. The Balaban J connectivity index is 1.48. The number of furan rings is 1. The van der Waals surface area contributed by atoms with Crippen LogP contribution in [0.2, 0.25) is 0 Å². The van der Waals surface area contributed by atoms with Gasteiger partial charge >= 0.3 is 0 Å². The van der Waals surface area contributed by atoms with Crippen molar-refractivity contribution in [3.05, 3.63) is 66.9 Å². The van der Waals surface area contributed by atoms with Gasteiger partial charge in [0, 0.05) is 53.2 Å². The molecule has 1 fully saturated rings. The molecule has 4 aromatic rings. The van der Waals surface area contributed by atoms with Gasteiger partial charge in [0.05, 0.1) is 18.6 Å². The zero-order valence-corrected chi connectivity index (χ0v) is 15.9. The highest BCUT2D eigenvalue weighted by atomic mass is 16.5. The molecule has 6 nitrogen and oxygen atoms in total. The van der Waals surface area contributed by atoms with Crippen LogP contribution >= 0.6 is 0 Å². The van der Waals surface area contributed by atoms with Gasteiger partial charge in [0.1, 0.15) is 5.65 Å². The Hall–Kier alpha value is -3.38. The van der Waals surface area contributed by atoms with Crippen LogP contribution in [-0.2, 0) is 4.74 Å². The van der Waals surface area contributed by atoms with Crippen molar-refractivity contribution in [3.8, 4) is 22.3 Å². The van der Waals surface area contributed by atoms with Gasteiger partial charge in [-0.05, 0) is 36.6 Å². The minimum atomic E-state index is -0.0969. The SMILES string of the molecule is O=C(NCC1CCCO1)c1ccccc1-c1cnc2[nH]cc(-c3ccoc3)c2c1. The predicted molar refractivity (Wildman–Crippen MR) is 111 cm³/mol. The maximum Gasteiger partial charge on any atom is 0.252 e. The number of nitrogens with one attached hydrogen (secondary N) is 2. The third kappa shape index (κ3) is 3.43. The summed E-state index contributed by atoms with van der Waals surface area (Å²) in [6, 6.07) is 11.6. The number of aromatic amines is 1. The van der Waals surface area contributed by atoms with Gasteiger partial charge in [-0.2, -0.15) is 0 Å². The molecule has 4 heterocycles.